The maximum Gasteiger partial charge on any atom is 0.488 e. The summed E-state index contributed by atoms with van der Waals surface area (Å²) < 4.78 is 6.20. The van der Waals surface area contributed by atoms with E-state index in [-0.39, 0.29) is 24.3 Å². The van der Waals surface area contributed by atoms with Gasteiger partial charge in [-0.15, -0.1) is 0 Å². The van der Waals surface area contributed by atoms with Crippen LogP contribution < -0.4 is 20.4 Å². The number of nitrogens with one attached hydrogen (secondary N) is 1. The second kappa shape index (κ2) is 18.1. The minimum absolute atomic E-state index is 0.0684. The molecule has 0 saturated carbocycles. The van der Waals surface area contributed by atoms with Gasteiger partial charge in [-0.2, -0.15) is 0 Å². The van der Waals surface area contributed by atoms with Gasteiger partial charge in [0.15, 0.2) is 0 Å². The molecule has 310 valence electrons. The van der Waals surface area contributed by atoms with E-state index in [0.717, 1.165) is 65.3 Å². The van der Waals surface area contributed by atoms with Crippen LogP contribution in [0.2, 0.25) is 0 Å². The first kappa shape index (κ1) is 40.8. The number of hydrogen-bond acceptors (Lipinski definition) is 9. The lowest BCUT2D eigenvalue weighted by Gasteiger charge is -2.41. The number of benzene rings is 4. The third kappa shape index (κ3) is 8.81. The van der Waals surface area contributed by atoms with Crippen LogP contribution in [0.25, 0.3) is 11.1 Å². The minimum atomic E-state index is -1.52. The first-order chi connectivity index (χ1) is 29.2. The highest BCUT2D eigenvalue weighted by Gasteiger charge is 2.39. The van der Waals surface area contributed by atoms with E-state index in [0.29, 0.717) is 69.9 Å². The van der Waals surface area contributed by atoms with Gasteiger partial charge >= 0.3 is 13.1 Å². The third-order valence-corrected chi connectivity index (χ3v) is 12.2. The molecule has 0 aromatic heterocycles. The lowest BCUT2D eigenvalue weighted by atomic mass is 9.79. The van der Waals surface area contributed by atoms with E-state index in [1.807, 2.05) is 70.5 Å². The van der Waals surface area contributed by atoms with Crippen molar-refractivity contribution >= 4 is 53.2 Å². The molecule has 13 nitrogen and oxygen atoms in total. The van der Waals surface area contributed by atoms with Crippen molar-refractivity contribution in [3.63, 3.8) is 0 Å². The largest absolute Gasteiger partial charge is 0.492 e. The van der Waals surface area contributed by atoms with E-state index in [1.165, 1.54) is 5.57 Å². The average molecular weight is 811 g/mol. The Kier molecular flexibility index (Phi) is 12.3. The molecule has 3 N–H and O–H groups in total. The van der Waals surface area contributed by atoms with E-state index in [2.05, 4.69) is 46.3 Å². The number of carbonyl (C=O) groups is 4. The summed E-state index contributed by atoms with van der Waals surface area (Å²) in [6.45, 7) is 9.20. The number of nitrogens with zero attached hydrogens (tertiary/aromatic N) is 5. The maximum atomic E-state index is 13.5. The molecule has 4 aliphatic rings. The van der Waals surface area contributed by atoms with Crippen LogP contribution in [-0.4, -0.2) is 132 Å². The van der Waals surface area contributed by atoms with Gasteiger partial charge in [-0.3, -0.25) is 24.6 Å². The van der Waals surface area contributed by atoms with Gasteiger partial charge < -0.3 is 34.4 Å². The summed E-state index contributed by atoms with van der Waals surface area (Å²) in [7, 11) is -1.52. The zero-order valence-corrected chi connectivity index (χ0v) is 34.0. The smallest absolute Gasteiger partial charge is 0.488 e. The highest BCUT2D eigenvalue weighted by Crippen LogP contribution is 2.35. The van der Waals surface area contributed by atoms with Crippen LogP contribution in [0, 0.1) is 0 Å². The summed E-state index contributed by atoms with van der Waals surface area (Å²) in [5.74, 6) is -0.113. The minimum Gasteiger partial charge on any atom is -0.492 e. The van der Waals surface area contributed by atoms with Gasteiger partial charge in [-0.25, -0.2) is 4.79 Å². The Bertz CT molecular complexity index is 2240. The van der Waals surface area contributed by atoms with Crippen molar-refractivity contribution in [3.8, 4) is 5.75 Å². The fourth-order valence-electron chi connectivity index (χ4n) is 8.79. The van der Waals surface area contributed by atoms with Crippen LogP contribution in [0.4, 0.5) is 10.5 Å². The quantitative estimate of drug-likeness (QED) is 0.118. The van der Waals surface area contributed by atoms with Gasteiger partial charge in [0, 0.05) is 83.1 Å². The number of anilines is 1. The molecule has 0 aliphatic carbocycles. The molecule has 4 aromatic carbocycles. The van der Waals surface area contributed by atoms with Crippen molar-refractivity contribution in [1.82, 2.24) is 24.9 Å². The van der Waals surface area contributed by atoms with E-state index in [1.54, 1.807) is 17.0 Å². The summed E-state index contributed by atoms with van der Waals surface area (Å²) in [6.07, 6.45) is 1.37. The standard InChI is InChI=1S/C46H51BN6O7/c1-2-39(32-6-4-3-5-7-32)43(33-8-12-36(13-9-33)47(58)59)34-10-15-38(16-11-34)60-29-28-49-20-22-51(23-21-49)46(57)52-26-24-50(25-27-52)37-14-17-40-35(30-37)31-53(45(40)56)41-18-19-42(54)48-44(41)55/h3-17,30,41,58-59H,2,18-29,31H2,1H3,(H,48,54,55)/b43-39-. The van der Waals surface area contributed by atoms with Crippen molar-refractivity contribution in [2.45, 2.75) is 38.8 Å². The second-order valence-electron chi connectivity index (χ2n) is 15.8. The molecule has 0 spiro atoms. The zero-order chi connectivity index (χ0) is 41.8. The third-order valence-electron chi connectivity index (χ3n) is 12.2. The maximum absolute atomic E-state index is 13.5. The number of piperazine rings is 2. The van der Waals surface area contributed by atoms with Gasteiger partial charge in [0.25, 0.3) is 5.91 Å². The van der Waals surface area contributed by atoms with E-state index < -0.39 is 19.1 Å². The average Bonchev–Trinajstić information content (AvgIpc) is 3.60. The number of piperidine rings is 1. The number of ether oxygens (including phenoxy) is 1. The topological polar surface area (TPSA) is 146 Å². The molecular weight excluding hydrogens is 759 g/mol. The SMILES string of the molecule is CC/C(=C(/c1ccc(OCCN2CCN(C(=O)N3CCN(c4ccc5c(c4)CN(C4CCC(=O)NC4=O)C5=O)CC3)CC2)cc1)c1ccc(B(O)O)cc1)c1ccccc1. The Balaban J connectivity index is 0.801. The van der Waals surface area contributed by atoms with E-state index in [9.17, 15) is 29.2 Å². The van der Waals surface area contributed by atoms with Crippen molar-refractivity contribution in [3.05, 3.63) is 125 Å². The van der Waals surface area contributed by atoms with Crippen LogP contribution >= 0.6 is 0 Å². The number of allylic oxidation sites excluding steroid dienone is 1. The van der Waals surface area contributed by atoms with Crippen molar-refractivity contribution in [2.75, 3.05) is 70.4 Å². The Morgan fingerprint density at radius 3 is 2.07 bits per heavy atom. The molecule has 3 saturated heterocycles. The van der Waals surface area contributed by atoms with Gasteiger partial charge in [-0.1, -0.05) is 73.7 Å². The molecule has 5 amide bonds. The summed E-state index contributed by atoms with van der Waals surface area (Å²) in [5.41, 5.74) is 8.36. The molecule has 4 heterocycles. The zero-order valence-electron chi connectivity index (χ0n) is 34.0. The Morgan fingerprint density at radius 1 is 0.783 bits per heavy atom. The highest BCUT2D eigenvalue weighted by molar-refractivity contribution is 6.58. The van der Waals surface area contributed by atoms with Crippen LogP contribution in [0.3, 0.4) is 0 Å². The molecule has 0 radical (unpaired) electrons. The molecule has 4 aromatic rings. The van der Waals surface area contributed by atoms with E-state index in [4.69, 9.17) is 4.74 Å². The lowest BCUT2D eigenvalue weighted by molar-refractivity contribution is -0.136. The number of imide groups is 1. The summed E-state index contributed by atoms with van der Waals surface area (Å²) in [5, 5.41) is 21.7. The van der Waals surface area contributed by atoms with Gasteiger partial charge in [0.2, 0.25) is 11.8 Å². The molecule has 3 fully saturated rings. The van der Waals surface area contributed by atoms with Crippen molar-refractivity contribution < 1.29 is 34.0 Å². The number of rotatable bonds is 11. The number of amides is 5. The molecule has 1 atom stereocenters. The molecule has 4 aliphatic heterocycles. The fourth-order valence-corrected chi connectivity index (χ4v) is 8.79. The molecule has 1 unspecified atom stereocenters. The molecular formula is C46H51BN6O7. The molecule has 0 bridgehead atoms. The summed E-state index contributed by atoms with van der Waals surface area (Å²) in [6, 6.07) is 31.1. The monoisotopic (exact) mass is 810 g/mol. The van der Waals surface area contributed by atoms with Crippen LogP contribution in [-0.2, 0) is 16.1 Å². The van der Waals surface area contributed by atoms with Gasteiger partial charge in [0.1, 0.15) is 18.4 Å². The molecule has 60 heavy (non-hydrogen) atoms. The highest BCUT2D eigenvalue weighted by atomic mass is 16.5. The second-order valence-corrected chi connectivity index (χ2v) is 15.8. The number of carbonyl (C=O) groups excluding carboxylic acids is 4. The van der Waals surface area contributed by atoms with Gasteiger partial charge in [0.05, 0.1) is 0 Å². The van der Waals surface area contributed by atoms with Crippen LogP contribution in [0.1, 0.15) is 58.8 Å². The van der Waals surface area contributed by atoms with Crippen LogP contribution in [0.5, 0.6) is 5.75 Å². The predicted molar refractivity (Wildman–Crippen MR) is 231 cm³/mol. The van der Waals surface area contributed by atoms with Crippen molar-refractivity contribution in [2.24, 2.45) is 0 Å². The first-order valence-corrected chi connectivity index (χ1v) is 20.9. The number of hydrogen-bond donors (Lipinski definition) is 3. The van der Waals surface area contributed by atoms with Crippen LogP contribution in [0.15, 0.2) is 97.1 Å². The molecule has 8 rings (SSSR count). The predicted octanol–water partition coefficient (Wildman–Crippen LogP) is 3.44. The summed E-state index contributed by atoms with van der Waals surface area (Å²) in [4.78, 5) is 60.8. The Labute approximate surface area is 351 Å². The Hall–Kier alpha value is -5.96. The number of urea groups is 1. The fraction of sp³-hybridized carbons (Fsp3) is 0.348. The van der Waals surface area contributed by atoms with Gasteiger partial charge in [-0.05, 0) is 82.0 Å². The molecule has 14 heteroatoms. The van der Waals surface area contributed by atoms with E-state index >= 15 is 0 Å². The van der Waals surface area contributed by atoms with Crippen molar-refractivity contribution in [1.29, 1.82) is 0 Å². The summed E-state index contributed by atoms with van der Waals surface area (Å²) >= 11 is 0. The lowest BCUT2D eigenvalue weighted by Crippen LogP contribution is -2.57. The normalized spacial score (nSPS) is 18.9. The first-order valence-electron chi connectivity index (χ1n) is 20.9. The number of fused-ring (bicyclic) bond motifs is 1. The Morgan fingerprint density at radius 2 is 1.43 bits per heavy atom.